The molecule has 0 amide bonds. The highest BCUT2D eigenvalue weighted by Gasteiger charge is 2.33. The standard InChI is InChI=1S/C21H12F3N5OS/c22-21(23,24)16-11-31-17-7-6-12(8-14(16)17)10-26-29-20-27-18(13-4-2-1-3-5-13)15(9-25)19(30)28-20/h1-8,10-11H,(H2,27,28,29,30). The van der Waals surface area contributed by atoms with E-state index in [1.54, 1.807) is 42.5 Å². The normalized spacial score (nSPS) is 11.7. The Hall–Kier alpha value is -3.97. The van der Waals surface area contributed by atoms with E-state index in [9.17, 15) is 23.2 Å². The van der Waals surface area contributed by atoms with Gasteiger partial charge in [0.2, 0.25) is 5.95 Å². The fraction of sp³-hybridized carbons (Fsp3) is 0.0476. The van der Waals surface area contributed by atoms with Crippen LogP contribution in [-0.2, 0) is 6.18 Å². The second-order valence-corrected chi connectivity index (χ2v) is 7.30. The Bertz CT molecular complexity index is 1380. The van der Waals surface area contributed by atoms with Gasteiger partial charge in [-0.15, -0.1) is 11.3 Å². The van der Waals surface area contributed by atoms with Crippen LogP contribution in [0.4, 0.5) is 19.1 Å². The van der Waals surface area contributed by atoms with Gasteiger partial charge in [0.05, 0.1) is 17.5 Å². The first kappa shape index (κ1) is 20.3. The Morgan fingerprint density at radius 3 is 2.68 bits per heavy atom. The number of aromatic amines is 1. The molecule has 0 saturated heterocycles. The predicted molar refractivity (Wildman–Crippen MR) is 113 cm³/mol. The first-order valence-corrected chi connectivity index (χ1v) is 9.72. The van der Waals surface area contributed by atoms with Crippen molar-refractivity contribution < 1.29 is 13.2 Å². The molecule has 10 heteroatoms. The smallest absolute Gasteiger partial charge is 0.290 e. The summed E-state index contributed by atoms with van der Waals surface area (Å²) < 4.78 is 39.9. The Kier molecular flexibility index (Phi) is 5.27. The minimum Gasteiger partial charge on any atom is -0.290 e. The fourth-order valence-electron chi connectivity index (χ4n) is 2.95. The van der Waals surface area contributed by atoms with Gasteiger partial charge in [-0.3, -0.25) is 9.78 Å². The molecule has 4 rings (SSSR count). The average molecular weight is 439 g/mol. The molecule has 2 aromatic carbocycles. The second kappa shape index (κ2) is 8.04. The molecule has 0 aliphatic carbocycles. The molecule has 0 radical (unpaired) electrons. The average Bonchev–Trinajstić information content (AvgIpc) is 3.18. The van der Waals surface area contributed by atoms with Gasteiger partial charge in [-0.05, 0) is 17.7 Å². The van der Waals surface area contributed by atoms with Crippen LogP contribution in [0.15, 0.2) is 63.8 Å². The molecular weight excluding hydrogens is 427 g/mol. The monoisotopic (exact) mass is 439 g/mol. The molecule has 2 N–H and O–H groups in total. The Morgan fingerprint density at radius 2 is 1.97 bits per heavy atom. The lowest BCUT2D eigenvalue weighted by Gasteiger charge is -2.06. The van der Waals surface area contributed by atoms with Gasteiger partial charge >= 0.3 is 6.18 Å². The summed E-state index contributed by atoms with van der Waals surface area (Å²) in [7, 11) is 0. The van der Waals surface area contributed by atoms with Gasteiger partial charge in [0.15, 0.2) is 0 Å². The molecule has 0 atom stereocenters. The Morgan fingerprint density at radius 1 is 1.19 bits per heavy atom. The van der Waals surface area contributed by atoms with Gasteiger partial charge in [0, 0.05) is 21.0 Å². The SMILES string of the molecule is N#Cc1c(-c2ccccc2)nc(NN=Cc2ccc3scc(C(F)(F)F)c3c2)[nH]c1=O. The lowest BCUT2D eigenvalue weighted by Crippen LogP contribution is -2.16. The lowest BCUT2D eigenvalue weighted by atomic mass is 10.1. The Labute approximate surface area is 177 Å². The van der Waals surface area contributed by atoms with Crippen LogP contribution in [-0.4, -0.2) is 16.2 Å². The Balaban J connectivity index is 1.63. The maximum atomic E-state index is 13.1. The van der Waals surface area contributed by atoms with E-state index in [4.69, 9.17) is 0 Å². The van der Waals surface area contributed by atoms with Crippen LogP contribution in [0.3, 0.4) is 0 Å². The zero-order valence-corrected chi connectivity index (χ0v) is 16.4. The van der Waals surface area contributed by atoms with Crippen molar-refractivity contribution in [2.45, 2.75) is 6.18 Å². The number of hydrogen-bond acceptors (Lipinski definition) is 6. The highest BCUT2D eigenvalue weighted by molar-refractivity contribution is 7.17. The van der Waals surface area contributed by atoms with E-state index in [0.717, 1.165) is 16.7 Å². The molecule has 0 bridgehead atoms. The molecule has 6 nitrogen and oxygen atoms in total. The van der Waals surface area contributed by atoms with Crippen LogP contribution in [0.25, 0.3) is 21.3 Å². The number of hydrazone groups is 1. The van der Waals surface area contributed by atoms with Gasteiger partial charge in [-0.25, -0.2) is 10.4 Å². The number of nitrogens with one attached hydrogen (secondary N) is 2. The molecule has 2 heterocycles. The number of nitrogens with zero attached hydrogens (tertiary/aromatic N) is 3. The van der Waals surface area contributed by atoms with E-state index < -0.39 is 17.3 Å². The quantitative estimate of drug-likeness (QED) is 0.346. The largest absolute Gasteiger partial charge is 0.417 e. The number of halogens is 3. The summed E-state index contributed by atoms with van der Waals surface area (Å²) >= 11 is 1.02. The molecule has 154 valence electrons. The van der Waals surface area contributed by atoms with Gasteiger partial charge in [-0.1, -0.05) is 36.4 Å². The van der Waals surface area contributed by atoms with Crippen molar-refractivity contribution in [3.05, 3.63) is 81.0 Å². The van der Waals surface area contributed by atoms with Gasteiger partial charge in [-0.2, -0.15) is 23.5 Å². The molecule has 4 aromatic rings. The molecule has 0 aliphatic heterocycles. The third-order valence-corrected chi connectivity index (χ3v) is 5.33. The number of alkyl halides is 3. The van der Waals surface area contributed by atoms with E-state index in [-0.39, 0.29) is 22.6 Å². The highest BCUT2D eigenvalue weighted by Crippen LogP contribution is 2.38. The van der Waals surface area contributed by atoms with Crippen molar-refractivity contribution in [3.8, 4) is 17.3 Å². The first-order chi connectivity index (χ1) is 14.9. The molecule has 0 spiro atoms. The summed E-state index contributed by atoms with van der Waals surface area (Å²) in [6.07, 6.45) is -3.12. The van der Waals surface area contributed by atoms with Crippen LogP contribution < -0.4 is 11.0 Å². The minimum absolute atomic E-state index is 0.00769. The van der Waals surface area contributed by atoms with Gasteiger partial charge in [0.1, 0.15) is 11.6 Å². The van der Waals surface area contributed by atoms with E-state index in [1.807, 2.05) is 6.07 Å². The second-order valence-electron chi connectivity index (χ2n) is 6.39. The summed E-state index contributed by atoms with van der Waals surface area (Å²) in [4.78, 5) is 18.9. The molecule has 2 aromatic heterocycles. The molecule has 31 heavy (non-hydrogen) atoms. The summed E-state index contributed by atoms with van der Waals surface area (Å²) in [5.74, 6) is -0.00769. The van der Waals surface area contributed by atoms with Crippen molar-refractivity contribution in [1.29, 1.82) is 5.26 Å². The van der Waals surface area contributed by atoms with Crippen LogP contribution in [0.2, 0.25) is 0 Å². The zero-order chi connectivity index (χ0) is 22.0. The lowest BCUT2D eigenvalue weighted by molar-refractivity contribution is -0.136. The summed E-state index contributed by atoms with van der Waals surface area (Å²) in [6, 6.07) is 15.2. The van der Waals surface area contributed by atoms with Crippen LogP contribution >= 0.6 is 11.3 Å². The van der Waals surface area contributed by atoms with Crippen molar-refractivity contribution in [2.24, 2.45) is 5.10 Å². The number of nitriles is 1. The summed E-state index contributed by atoms with van der Waals surface area (Å²) in [5.41, 5.74) is 2.30. The summed E-state index contributed by atoms with van der Waals surface area (Å²) in [5, 5.41) is 14.4. The third-order valence-electron chi connectivity index (χ3n) is 4.37. The van der Waals surface area contributed by atoms with Crippen molar-refractivity contribution in [2.75, 3.05) is 5.43 Å². The minimum atomic E-state index is -4.44. The summed E-state index contributed by atoms with van der Waals surface area (Å²) in [6.45, 7) is 0. The number of benzene rings is 2. The van der Waals surface area contributed by atoms with E-state index in [0.29, 0.717) is 15.8 Å². The maximum Gasteiger partial charge on any atom is 0.417 e. The molecule has 0 fully saturated rings. The molecule has 0 saturated carbocycles. The number of rotatable bonds is 4. The van der Waals surface area contributed by atoms with Crippen molar-refractivity contribution in [3.63, 3.8) is 0 Å². The third kappa shape index (κ3) is 4.17. The number of aromatic nitrogens is 2. The van der Waals surface area contributed by atoms with Crippen LogP contribution in [0.1, 0.15) is 16.7 Å². The number of fused-ring (bicyclic) bond motifs is 1. The van der Waals surface area contributed by atoms with Crippen LogP contribution in [0, 0.1) is 11.3 Å². The van der Waals surface area contributed by atoms with Crippen molar-refractivity contribution >= 4 is 33.6 Å². The van der Waals surface area contributed by atoms with Gasteiger partial charge < -0.3 is 0 Å². The maximum absolute atomic E-state index is 13.1. The number of anilines is 1. The molecule has 0 unspecified atom stereocenters. The molecule has 0 aliphatic rings. The number of hydrogen-bond donors (Lipinski definition) is 2. The predicted octanol–water partition coefficient (Wildman–Crippen LogP) is 4.99. The highest BCUT2D eigenvalue weighted by atomic mass is 32.1. The first-order valence-electron chi connectivity index (χ1n) is 8.84. The van der Waals surface area contributed by atoms with Gasteiger partial charge in [0.25, 0.3) is 5.56 Å². The number of H-pyrrole nitrogens is 1. The van der Waals surface area contributed by atoms with E-state index in [2.05, 4.69) is 20.5 Å². The topological polar surface area (TPSA) is 93.9 Å². The van der Waals surface area contributed by atoms with E-state index >= 15 is 0 Å². The van der Waals surface area contributed by atoms with Crippen LogP contribution in [0.5, 0.6) is 0 Å². The fourth-order valence-corrected chi connectivity index (χ4v) is 3.90. The zero-order valence-electron chi connectivity index (χ0n) is 15.6. The van der Waals surface area contributed by atoms with Crippen molar-refractivity contribution in [1.82, 2.24) is 9.97 Å². The number of thiophene rings is 1. The van der Waals surface area contributed by atoms with E-state index in [1.165, 1.54) is 12.3 Å². The molecular formula is C21H12F3N5OS.